The summed E-state index contributed by atoms with van der Waals surface area (Å²) in [6.45, 7) is 5.81. The van der Waals surface area contributed by atoms with Gasteiger partial charge in [-0.25, -0.2) is 0 Å². The Morgan fingerprint density at radius 1 is 1.05 bits per heavy atom. The average Bonchev–Trinajstić information content (AvgIpc) is 2.77. The van der Waals surface area contributed by atoms with Crippen molar-refractivity contribution in [3.8, 4) is 0 Å². The van der Waals surface area contributed by atoms with Crippen molar-refractivity contribution in [3.05, 3.63) is 52.8 Å². The molecule has 2 rings (SSSR count). The molecule has 0 aliphatic rings. The predicted molar refractivity (Wildman–Crippen MR) is 82.9 cm³/mol. The van der Waals surface area contributed by atoms with Gasteiger partial charge in [0.05, 0.1) is 12.1 Å². The van der Waals surface area contributed by atoms with Crippen LogP contribution in [0.5, 0.6) is 0 Å². The first-order valence-electron chi connectivity index (χ1n) is 7.08. The fraction of sp³-hybridized carbons (Fsp3) is 0.312. The van der Waals surface area contributed by atoms with Gasteiger partial charge in [-0.2, -0.15) is 5.10 Å². The van der Waals surface area contributed by atoms with E-state index in [-0.39, 0.29) is 24.8 Å². The van der Waals surface area contributed by atoms with Crippen LogP contribution in [-0.4, -0.2) is 21.6 Å². The maximum Gasteiger partial charge on any atom is 0.260 e. The maximum absolute atomic E-state index is 11.8. The molecule has 0 fully saturated rings. The summed E-state index contributed by atoms with van der Waals surface area (Å²) in [5.41, 5.74) is 8.61. The van der Waals surface area contributed by atoms with E-state index in [1.165, 1.54) is 0 Å². The summed E-state index contributed by atoms with van der Waals surface area (Å²) < 4.78 is 1.59. The molecule has 6 nitrogen and oxygen atoms in total. The highest BCUT2D eigenvalue weighted by Gasteiger charge is 2.08. The van der Waals surface area contributed by atoms with Gasteiger partial charge in [-0.1, -0.05) is 29.8 Å². The van der Waals surface area contributed by atoms with E-state index in [0.29, 0.717) is 0 Å². The van der Waals surface area contributed by atoms with Gasteiger partial charge in [0, 0.05) is 5.69 Å². The summed E-state index contributed by atoms with van der Waals surface area (Å²) in [5.74, 6) is -0.575. The number of rotatable bonds is 4. The monoisotopic (exact) mass is 300 g/mol. The van der Waals surface area contributed by atoms with Crippen LogP contribution < -0.4 is 10.9 Å². The summed E-state index contributed by atoms with van der Waals surface area (Å²) >= 11 is 0. The summed E-state index contributed by atoms with van der Waals surface area (Å²) in [6.07, 6.45) is 0.223. The second-order valence-corrected chi connectivity index (χ2v) is 5.34. The lowest BCUT2D eigenvalue weighted by molar-refractivity contribution is -0.129. The molecule has 1 heterocycles. The lowest BCUT2D eigenvalue weighted by Crippen LogP contribution is -2.44. The number of nitrogens with one attached hydrogen (secondary N) is 2. The molecule has 0 aliphatic carbocycles. The van der Waals surface area contributed by atoms with E-state index < -0.39 is 0 Å². The average molecular weight is 300 g/mol. The van der Waals surface area contributed by atoms with Crippen molar-refractivity contribution in [3.63, 3.8) is 0 Å². The van der Waals surface area contributed by atoms with E-state index in [1.54, 1.807) is 4.68 Å². The number of hydrogen-bond acceptors (Lipinski definition) is 3. The van der Waals surface area contributed by atoms with Crippen LogP contribution >= 0.6 is 0 Å². The third-order valence-electron chi connectivity index (χ3n) is 3.22. The van der Waals surface area contributed by atoms with E-state index >= 15 is 0 Å². The number of aryl methyl sites for hydroxylation is 3. The Bertz CT molecular complexity index is 674. The van der Waals surface area contributed by atoms with Crippen LogP contribution in [-0.2, 0) is 22.6 Å². The van der Waals surface area contributed by atoms with Crippen molar-refractivity contribution in [2.24, 2.45) is 0 Å². The van der Waals surface area contributed by atoms with Crippen LogP contribution in [0, 0.1) is 20.8 Å². The lowest BCUT2D eigenvalue weighted by Gasteiger charge is -2.08. The standard InChI is InChI=1S/C16H20N4O2/c1-11-4-6-14(7-5-11)9-15(21)17-18-16(22)10-20-13(3)8-12(2)19-20/h4-8H,9-10H2,1-3H3,(H,17,21)(H,18,22). The molecule has 2 amide bonds. The second kappa shape index (κ2) is 6.89. The Kier molecular flexibility index (Phi) is 4.93. The van der Waals surface area contributed by atoms with Crippen LogP contribution in [0.1, 0.15) is 22.5 Å². The molecule has 1 aromatic carbocycles. The Labute approximate surface area is 129 Å². The highest BCUT2D eigenvalue weighted by Crippen LogP contribution is 2.03. The number of aromatic nitrogens is 2. The van der Waals surface area contributed by atoms with Gasteiger partial charge in [0.25, 0.3) is 5.91 Å². The smallest absolute Gasteiger partial charge is 0.260 e. The van der Waals surface area contributed by atoms with E-state index in [1.807, 2.05) is 51.1 Å². The molecule has 1 aromatic heterocycles. The molecule has 116 valence electrons. The first kappa shape index (κ1) is 15.8. The first-order valence-corrected chi connectivity index (χ1v) is 7.08. The summed E-state index contributed by atoms with van der Waals surface area (Å²) in [7, 11) is 0. The van der Waals surface area contributed by atoms with E-state index in [2.05, 4.69) is 16.0 Å². The van der Waals surface area contributed by atoms with Crippen molar-refractivity contribution in [2.75, 3.05) is 0 Å². The quantitative estimate of drug-likeness (QED) is 0.833. The Hall–Kier alpha value is -2.63. The molecule has 0 bridgehead atoms. The minimum absolute atomic E-state index is 0.0739. The van der Waals surface area contributed by atoms with Crippen LogP contribution in [0.2, 0.25) is 0 Å². The molecule has 0 atom stereocenters. The zero-order valence-corrected chi connectivity index (χ0v) is 13.0. The molecule has 0 unspecified atom stereocenters. The third-order valence-corrected chi connectivity index (χ3v) is 3.22. The van der Waals surface area contributed by atoms with Crippen LogP contribution in [0.25, 0.3) is 0 Å². The largest absolute Gasteiger partial charge is 0.273 e. The first-order chi connectivity index (χ1) is 10.4. The summed E-state index contributed by atoms with van der Waals surface area (Å²) in [4.78, 5) is 23.6. The molecular formula is C16H20N4O2. The minimum atomic E-state index is -0.316. The number of hydrazine groups is 1. The molecule has 0 saturated carbocycles. The van der Waals surface area contributed by atoms with E-state index in [4.69, 9.17) is 0 Å². The topological polar surface area (TPSA) is 76.0 Å². The SMILES string of the molecule is Cc1ccc(CC(=O)NNC(=O)Cn2nc(C)cc2C)cc1. The second-order valence-electron chi connectivity index (χ2n) is 5.34. The van der Waals surface area contributed by atoms with Gasteiger partial charge in [-0.05, 0) is 32.4 Å². The van der Waals surface area contributed by atoms with Gasteiger partial charge in [0.2, 0.25) is 5.91 Å². The van der Waals surface area contributed by atoms with Gasteiger partial charge in [-0.15, -0.1) is 0 Å². The highest BCUT2D eigenvalue weighted by molar-refractivity contribution is 5.83. The van der Waals surface area contributed by atoms with Crippen molar-refractivity contribution >= 4 is 11.8 Å². The number of nitrogens with zero attached hydrogens (tertiary/aromatic N) is 2. The molecule has 0 saturated heterocycles. The molecule has 2 aromatic rings. The lowest BCUT2D eigenvalue weighted by atomic mass is 10.1. The van der Waals surface area contributed by atoms with Crippen LogP contribution in [0.3, 0.4) is 0 Å². The Morgan fingerprint density at radius 2 is 1.68 bits per heavy atom. The number of carbonyl (C=O) groups excluding carboxylic acids is 2. The number of benzene rings is 1. The van der Waals surface area contributed by atoms with Gasteiger partial charge >= 0.3 is 0 Å². The molecule has 2 N–H and O–H groups in total. The number of hydrogen-bond donors (Lipinski definition) is 2. The Morgan fingerprint density at radius 3 is 2.27 bits per heavy atom. The van der Waals surface area contributed by atoms with Gasteiger partial charge in [0.1, 0.15) is 6.54 Å². The van der Waals surface area contributed by atoms with Crippen LogP contribution in [0.15, 0.2) is 30.3 Å². The number of carbonyl (C=O) groups is 2. The molecule has 0 aliphatic heterocycles. The maximum atomic E-state index is 11.8. The van der Waals surface area contributed by atoms with Gasteiger partial charge in [-0.3, -0.25) is 25.1 Å². The van der Waals surface area contributed by atoms with Crippen molar-refractivity contribution in [2.45, 2.75) is 33.7 Å². The fourth-order valence-electron chi connectivity index (χ4n) is 2.09. The summed E-state index contributed by atoms with van der Waals surface area (Å²) in [5, 5.41) is 4.20. The Balaban J connectivity index is 1.79. The normalized spacial score (nSPS) is 10.3. The van der Waals surface area contributed by atoms with Crippen LogP contribution in [0.4, 0.5) is 0 Å². The summed E-state index contributed by atoms with van der Waals surface area (Å²) in [6, 6.07) is 9.58. The minimum Gasteiger partial charge on any atom is -0.273 e. The molecular weight excluding hydrogens is 280 g/mol. The van der Waals surface area contributed by atoms with E-state index in [9.17, 15) is 9.59 Å². The van der Waals surface area contributed by atoms with Crippen molar-refractivity contribution < 1.29 is 9.59 Å². The molecule has 0 radical (unpaired) electrons. The predicted octanol–water partition coefficient (Wildman–Crippen LogP) is 1.20. The van der Waals surface area contributed by atoms with Crippen molar-refractivity contribution in [1.29, 1.82) is 0 Å². The zero-order chi connectivity index (χ0) is 16.1. The van der Waals surface area contributed by atoms with E-state index in [0.717, 1.165) is 22.5 Å². The molecule has 0 spiro atoms. The van der Waals surface area contributed by atoms with Gasteiger partial charge in [0.15, 0.2) is 0 Å². The zero-order valence-electron chi connectivity index (χ0n) is 13.0. The number of amides is 2. The fourth-order valence-corrected chi connectivity index (χ4v) is 2.09. The third kappa shape index (κ3) is 4.44. The molecule has 6 heteroatoms. The molecule has 22 heavy (non-hydrogen) atoms. The van der Waals surface area contributed by atoms with Crippen molar-refractivity contribution in [1.82, 2.24) is 20.6 Å². The van der Waals surface area contributed by atoms with Gasteiger partial charge < -0.3 is 0 Å². The highest BCUT2D eigenvalue weighted by atomic mass is 16.2.